The van der Waals surface area contributed by atoms with Crippen molar-refractivity contribution in [2.24, 2.45) is 10.7 Å². The summed E-state index contributed by atoms with van der Waals surface area (Å²) in [5.41, 5.74) is 8.13. The number of nitrogens with two attached hydrogens (primary N) is 1. The van der Waals surface area contributed by atoms with E-state index in [9.17, 15) is 13.2 Å². The number of nitrogens with zero attached hydrogens (tertiary/aromatic N) is 5. The Bertz CT molecular complexity index is 994. The molecule has 7 nitrogen and oxygen atoms in total. The van der Waals surface area contributed by atoms with Gasteiger partial charge in [0.2, 0.25) is 10.1 Å². The average molecular weight is 379 g/mol. The largest absolute Gasteiger partial charge is 0.445 e. The van der Waals surface area contributed by atoms with Gasteiger partial charge in [0.15, 0.2) is 0 Å². The van der Waals surface area contributed by atoms with Crippen LogP contribution < -0.4 is 11.1 Å². The molecule has 0 atom stereocenters. The summed E-state index contributed by atoms with van der Waals surface area (Å²) >= 11 is 0.401. The highest BCUT2D eigenvalue weighted by Crippen LogP contribution is 2.33. The zero-order valence-corrected chi connectivity index (χ0v) is 14.1. The van der Waals surface area contributed by atoms with Crippen LogP contribution in [0.25, 0.3) is 16.6 Å². The van der Waals surface area contributed by atoms with E-state index < -0.39 is 11.2 Å². The minimum atomic E-state index is -4.53. The maximum Gasteiger partial charge on any atom is 0.445 e. The normalized spacial score (nSPS) is 12.8. The van der Waals surface area contributed by atoms with Crippen LogP contribution in [-0.4, -0.2) is 33.4 Å². The summed E-state index contributed by atoms with van der Waals surface area (Å²) in [6.07, 6.45) is 0.0968. The summed E-state index contributed by atoms with van der Waals surface area (Å²) in [6.45, 7) is 0. The summed E-state index contributed by atoms with van der Waals surface area (Å²) in [5, 5.41) is 8.28. The van der Waals surface area contributed by atoms with Gasteiger partial charge in [-0.15, -0.1) is 10.2 Å². The third kappa shape index (κ3) is 3.77. The summed E-state index contributed by atoms with van der Waals surface area (Å²) < 4.78 is 37.8. The second-order valence-electron chi connectivity index (χ2n) is 5.00. The first kappa shape index (κ1) is 17.7. The molecule has 3 rings (SSSR count). The fraction of sp³-hybridized carbons (Fsp3) is 0.133. The molecular formula is C15H12F3N7S. The topological polar surface area (TPSA) is 102 Å². The van der Waals surface area contributed by atoms with E-state index in [0.29, 0.717) is 39.3 Å². The van der Waals surface area contributed by atoms with Gasteiger partial charge < -0.3 is 11.1 Å². The van der Waals surface area contributed by atoms with Gasteiger partial charge in [-0.05, 0) is 18.2 Å². The molecular weight excluding hydrogens is 367 g/mol. The number of halogens is 3. The molecule has 0 amide bonds. The van der Waals surface area contributed by atoms with Crippen LogP contribution in [0.2, 0.25) is 0 Å². The van der Waals surface area contributed by atoms with Crippen LogP contribution in [0.15, 0.2) is 35.6 Å². The maximum absolute atomic E-state index is 12.6. The Morgan fingerprint density at radius 3 is 2.73 bits per heavy atom. The van der Waals surface area contributed by atoms with Crippen LogP contribution in [0.1, 0.15) is 10.6 Å². The molecule has 0 unspecified atom stereocenters. The summed E-state index contributed by atoms with van der Waals surface area (Å²) in [6, 6.07) is 5.05. The molecule has 0 aliphatic carbocycles. The van der Waals surface area contributed by atoms with E-state index in [2.05, 4.69) is 30.5 Å². The van der Waals surface area contributed by atoms with Crippen molar-refractivity contribution in [2.75, 3.05) is 12.4 Å². The van der Waals surface area contributed by atoms with Gasteiger partial charge in [0.1, 0.15) is 5.82 Å². The Labute approximate surface area is 149 Å². The van der Waals surface area contributed by atoms with Crippen molar-refractivity contribution in [3.63, 3.8) is 0 Å². The number of rotatable bonds is 4. The minimum Gasteiger partial charge on any atom is -0.404 e. The lowest BCUT2D eigenvalue weighted by atomic mass is 10.1. The zero-order valence-electron chi connectivity index (χ0n) is 13.3. The predicted octanol–water partition coefficient (Wildman–Crippen LogP) is 3.24. The molecule has 3 aromatic heterocycles. The number of allylic oxidation sites excluding steroid dienone is 1. The molecule has 0 saturated carbocycles. The van der Waals surface area contributed by atoms with Crippen LogP contribution in [0.3, 0.4) is 0 Å². The first-order valence-electron chi connectivity index (χ1n) is 7.19. The van der Waals surface area contributed by atoms with Gasteiger partial charge in [-0.25, -0.2) is 4.98 Å². The van der Waals surface area contributed by atoms with Crippen LogP contribution >= 0.6 is 11.3 Å². The van der Waals surface area contributed by atoms with Gasteiger partial charge >= 0.3 is 6.18 Å². The van der Waals surface area contributed by atoms with Gasteiger partial charge in [0, 0.05) is 36.8 Å². The minimum absolute atomic E-state index is 0.00560. The first-order chi connectivity index (χ1) is 12.4. The lowest BCUT2D eigenvalue weighted by molar-refractivity contribution is -0.138. The van der Waals surface area contributed by atoms with E-state index in [0.717, 1.165) is 0 Å². The van der Waals surface area contributed by atoms with Gasteiger partial charge in [-0.2, -0.15) is 13.2 Å². The lowest BCUT2D eigenvalue weighted by Crippen LogP contribution is -2.03. The second-order valence-corrected chi connectivity index (χ2v) is 5.98. The lowest BCUT2D eigenvalue weighted by Gasteiger charge is -2.05. The Morgan fingerprint density at radius 2 is 2.08 bits per heavy atom. The van der Waals surface area contributed by atoms with Crippen LogP contribution in [0.4, 0.5) is 24.1 Å². The average Bonchev–Trinajstić information content (AvgIpc) is 3.08. The third-order valence-corrected chi connectivity index (χ3v) is 4.10. The highest BCUT2D eigenvalue weighted by molar-refractivity contribution is 7.15. The molecule has 3 heterocycles. The Kier molecular flexibility index (Phi) is 4.80. The molecule has 0 bridgehead atoms. The number of hydrogen-bond acceptors (Lipinski definition) is 8. The predicted molar refractivity (Wildman–Crippen MR) is 94.3 cm³/mol. The highest BCUT2D eigenvalue weighted by Gasteiger charge is 2.35. The van der Waals surface area contributed by atoms with Crippen LogP contribution in [0, 0.1) is 0 Å². The number of pyridine rings is 2. The molecule has 0 saturated heterocycles. The number of anilines is 2. The monoisotopic (exact) mass is 379 g/mol. The van der Waals surface area contributed by atoms with Crippen LogP contribution in [-0.2, 0) is 6.18 Å². The standard InChI is InChI=1S/C15H12F3N7S/c1-20-6-9(5-19)8-4-11-10(21-7-8)2-3-12(22-11)23-14-25-24-13(26-14)15(16,17)18/h2-7H,19H2,1H3,(H,22,23,25). The smallest absolute Gasteiger partial charge is 0.404 e. The molecule has 0 radical (unpaired) electrons. The van der Waals surface area contributed by atoms with E-state index in [1.165, 1.54) is 6.20 Å². The highest BCUT2D eigenvalue weighted by atomic mass is 32.1. The van der Waals surface area contributed by atoms with E-state index >= 15 is 0 Å². The molecule has 0 aliphatic rings. The maximum atomic E-state index is 12.6. The summed E-state index contributed by atoms with van der Waals surface area (Å²) in [5.74, 6) is 0.323. The van der Waals surface area contributed by atoms with Crippen LogP contribution in [0.5, 0.6) is 0 Å². The number of fused-ring (bicyclic) bond motifs is 1. The molecule has 26 heavy (non-hydrogen) atoms. The number of aliphatic imine (C=N–C) groups is 1. The molecule has 0 aromatic carbocycles. The van der Waals surface area contributed by atoms with Crippen molar-refractivity contribution in [1.29, 1.82) is 0 Å². The van der Waals surface area contributed by atoms with Crippen molar-refractivity contribution in [1.82, 2.24) is 20.2 Å². The number of alkyl halides is 3. The van der Waals surface area contributed by atoms with E-state index in [1.54, 1.807) is 37.7 Å². The molecule has 134 valence electrons. The summed E-state index contributed by atoms with van der Waals surface area (Å²) in [4.78, 5) is 12.6. The van der Waals surface area contributed by atoms with Crippen molar-refractivity contribution < 1.29 is 13.2 Å². The first-order valence-corrected chi connectivity index (χ1v) is 8.01. The Morgan fingerprint density at radius 1 is 1.27 bits per heavy atom. The number of nitrogens with one attached hydrogen (secondary N) is 1. The van der Waals surface area contributed by atoms with E-state index in [1.807, 2.05) is 0 Å². The number of hydrogen-bond donors (Lipinski definition) is 2. The fourth-order valence-electron chi connectivity index (χ4n) is 2.08. The van der Waals surface area contributed by atoms with Gasteiger partial charge in [0.05, 0.1) is 11.0 Å². The Hall–Kier alpha value is -3.08. The Balaban J connectivity index is 1.91. The SMILES string of the molecule is CN=CC(=CN)c1cnc2ccc(Nc3nnc(C(F)(F)F)s3)nc2c1. The third-order valence-electron chi connectivity index (χ3n) is 3.22. The van der Waals surface area contributed by atoms with Crippen molar-refractivity contribution in [2.45, 2.75) is 6.18 Å². The molecule has 0 fully saturated rings. The van der Waals surface area contributed by atoms with Crippen molar-refractivity contribution in [3.8, 4) is 0 Å². The number of aromatic nitrogens is 4. The van der Waals surface area contributed by atoms with E-state index in [4.69, 9.17) is 5.73 Å². The van der Waals surface area contributed by atoms with Gasteiger partial charge in [-0.3, -0.25) is 9.98 Å². The van der Waals surface area contributed by atoms with Gasteiger partial charge in [0.25, 0.3) is 0 Å². The van der Waals surface area contributed by atoms with E-state index in [-0.39, 0.29) is 5.13 Å². The quantitative estimate of drug-likeness (QED) is 0.675. The van der Waals surface area contributed by atoms with Gasteiger partial charge in [-0.1, -0.05) is 11.3 Å². The molecule has 0 aliphatic heterocycles. The summed E-state index contributed by atoms with van der Waals surface area (Å²) in [7, 11) is 1.62. The molecule has 3 N–H and O–H groups in total. The molecule has 11 heteroatoms. The fourth-order valence-corrected chi connectivity index (χ4v) is 2.70. The van der Waals surface area contributed by atoms with Crippen molar-refractivity contribution >= 4 is 45.1 Å². The zero-order chi connectivity index (χ0) is 18.7. The van der Waals surface area contributed by atoms with Crippen molar-refractivity contribution in [3.05, 3.63) is 41.2 Å². The molecule has 0 spiro atoms. The molecule has 3 aromatic rings. The second kappa shape index (κ2) is 7.04.